The highest BCUT2D eigenvalue weighted by molar-refractivity contribution is 6.23. The van der Waals surface area contributed by atoms with Crippen LogP contribution in [0.1, 0.15) is 24.8 Å². The van der Waals surface area contributed by atoms with Crippen LogP contribution in [0.15, 0.2) is 18.2 Å². The predicted octanol–water partition coefficient (Wildman–Crippen LogP) is 2.24. The SMILES string of the molecule is Cc1cc(N2C(=O)C3C(C2=O)[C@@H]2CC[C@H]3CC2=O)ccc1F. The van der Waals surface area contributed by atoms with Gasteiger partial charge in [-0.3, -0.25) is 19.3 Å². The Bertz CT molecular complexity index is 714. The zero-order valence-electron chi connectivity index (χ0n) is 12.2. The highest BCUT2D eigenvalue weighted by Crippen LogP contribution is 2.52. The number of amides is 2. The van der Waals surface area contributed by atoms with E-state index in [9.17, 15) is 18.8 Å². The Labute approximate surface area is 127 Å². The van der Waals surface area contributed by atoms with Crippen LogP contribution in [0.3, 0.4) is 0 Å². The van der Waals surface area contributed by atoms with Gasteiger partial charge >= 0.3 is 0 Å². The van der Waals surface area contributed by atoms with Crippen molar-refractivity contribution in [1.29, 1.82) is 0 Å². The van der Waals surface area contributed by atoms with Crippen molar-refractivity contribution in [2.24, 2.45) is 23.7 Å². The standard InChI is InChI=1S/C17H16FNO3/c1-8-6-10(3-5-12(8)18)19-16(21)14-9-2-4-11(13(20)7-9)15(14)17(19)22/h3,5-6,9,11,14-15H,2,4,7H2,1H3/t9-,11+,14?,15?/m0/s1. The van der Waals surface area contributed by atoms with E-state index in [1.807, 2.05) is 0 Å². The Balaban J connectivity index is 1.77. The zero-order chi connectivity index (χ0) is 15.6. The average Bonchev–Trinajstić information content (AvgIpc) is 2.76. The van der Waals surface area contributed by atoms with Gasteiger partial charge in [-0.05, 0) is 49.4 Å². The zero-order valence-corrected chi connectivity index (χ0v) is 12.2. The fraction of sp³-hybridized carbons (Fsp3) is 0.471. The molecule has 1 saturated heterocycles. The lowest BCUT2D eigenvalue weighted by Gasteiger charge is -2.41. The predicted molar refractivity (Wildman–Crippen MR) is 76.4 cm³/mol. The highest BCUT2D eigenvalue weighted by atomic mass is 19.1. The number of benzene rings is 1. The van der Waals surface area contributed by atoms with Crippen molar-refractivity contribution >= 4 is 23.3 Å². The van der Waals surface area contributed by atoms with Crippen LogP contribution >= 0.6 is 0 Å². The van der Waals surface area contributed by atoms with Gasteiger partial charge in [-0.1, -0.05) is 0 Å². The molecule has 0 radical (unpaired) electrons. The van der Waals surface area contributed by atoms with Crippen LogP contribution in [0.4, 0.5) is 10.1 Å². The van der Waals surface area contributed by atoms with Crippen LogP contribution < -0.4 is 4.90 Å². The first-order chi connectivity index (χ1) is 10.5. The molecule has 1 heterocycles. The Morgan fingerprint density at radius 2 is 1.82 bits per heavy atom. The van der Waals surface area contributed by atoms with Gasteiger partial charge in [-0.2, -0.15) is 0 Å². The van der Waals surface area contributed by atoms with Crippen LogP contribution in [0.5, 0.6) is 0 Å². The third-order valence-electron chi connectivity index (χ3n) is 5.46. The van der Waals surface area contributed by atoms with E-state index in [1.165, 1.54) is 23.1 Å². The molecule has 0 N–H and O–H groups in total. The second-order valence-corrected chi connectivity index (χ2v) is 6.61. The van der Waals surface area contributed by atoms with Crippen LogP contribution in [-0.4, -0.2) is 17.6 Å². The van der Waals surface area contributed by atoms with Gasteiger partial charge in [0.05, 0.1) is 17.5 Å². The number of anilines is 1. The van der Waals surface area contributed by atoms with Crippen molar-refractivity contribution in [1.82, 2.24) is 0 Å². The summed E-state index contributed by atoms with van der Waals surface area (Å²) in [6, 6.07) is 4.25. The number of Topliss-reactive ketones (excluding diaryl/α,β-unsaturated/α-hetero) is 1. The first-order valence-corrected chi connectivity index (χ1v) is 7.65. The van der Waals surface area contributed by atoms with Gasteiger partial charge < -0.3 is 0 Å². The summed E-state index contributed by atoms with van der Waals surface area (Å²) in [4.78, 5) is 38.7. The number of ketones is 1. The molecule has 4 aliphatic rings. The van der Waals surface area contributed by atoms with E-state index in [4.69, 9.17) is 0 Å². The summed E-state index contributed by atoms with van der Waals surface area (Å²) in [5, 5.41) is 0. The number of rotatable bonds is 1. The van der Waals surface area contributed by atoms with Crippen molar-refractivity contribution in [3.8, 4) is 0 Å². The van der Waals surface area contributed by atoms with Crippen molar-refractivity contribution in [2.75, 3.05) is 4.90 Å². The van der Waals surface area contributed by atoms with E-state index >= 15 is 0 Å². The molecule has 114 valence electrons. The molecular weight excluding hydrogens is 285 g/mol. The number of halogens is 1. The molecule has 22 heavy (non-hydrogen) atoms. The minimum atomic E-state index is -0.502. The fourth-order valence-electron chi connectivity index (χ4n) is 4.41. The summed E-state index contributed by atoms with van der Waals surface area (Å²) in [5.41, 5.74) is 0.808. The average molecular weight is 301 g/mol. The molecule has 5 rings (SSSR count). The number of carbonyl (C=O) groups is 3. The molecule has 0 aromatic heterocycles. The second kappa shape index (κ2) is 4.48. The van der Waals surface area contributed by atoms with Crippen molar-refractivity contribution in [2.45, 2.75) is 26.2 Å². The van der Waals surface area contributed by atoms with Crippen LogP contribution in [0, 0.1) is 36.4 Å². The molecule has 2 bridgehead atoms. The maximum atomic E-state index is 13.4. The van der Waals surface area contributed by atoms with Crippen molar-refractivity contribution in [3.05, 3.63) is 29.6 Å². The summed E-state index contributed by atoms with van der Waals surface area (Å²) in [5.74, 6) is -1.94. The molecule has 4 atom stereocenters. The van der Waals surface area contributed by atoms with E-state index in [0.717, 1.165) is 6.42 Å². The molecule has 5 heteroatoms. The molecule has 1 aromatic carbocycles. The number of imide groups is 1. The molecule has 3 aliphatic carbocycles. The van der Waals surface area contributed by atoms with Gasteiger partial charge in [0, 0.05) is 12.3 Å². The first kappa shape index (κ1) is 13.6. The second-order valence-electron chi connectivity index (χ2n) is 6.61. The Morgan fingerprint density at radius 1 is 1.09 bits per heavy atom. The maximum absolute atomic E-state index is 13.4. The van der Waals surface area contributed by atoms with Gasteiger partial charge in [0.2, 0.25) is 11.8 Å². The van der Waals surface area contributed by atoms with Gasteiger partial charge in [-0.15, -0.1) is 0 Å². The summed E-state index contributed by atoms with van der Waals surface area (Å²) >= 11 is 0. The third-order valence-corrected chi connectivity index (χ3v) is 5.46. The monoisotopic (exact) mass is 301 g/mol. The van der Waals surface area contributed by atoms with Crippen molar-refractivity contribution < 1.29 is 18.8 Å². The van der Waals surface area contributed by atoms with E-state index in [0.29, 0.717) is 24.1 Å². The number of aryl methyl sites for hydroxylation is 1. The van der Waals surface area contributed by atoms with E-state index in [1.54, 1.807) is 6.92 Å². The van der Waals surface area contributed by atoms with Crippen LogP contribution in [0.25, 0.3) is 0 Å². The Kier molecular flexibility index (Phi) is 2.77. The quantitative estimate of drug-likeness (QED) is 0.748. The number of hydrogen-bond acceptors (Lipinski definition) is 3. The van der Waals surface area contributed by atoms with Crippen LogP contribution in [0.2, 0.25) is 0 Å². The maximum Gasteiger partial charge on any atom is 0.238 e. The third kappa shape index (κ3) is 1.65. The lowest BCUT2D eigenvalue weighted by molar-refractivity contribution is -0.143. The topological polar surface area (TPSA) is 54.5 Å². The van der Waals surface area contributed by atoms with E-state index in [-0.39, 0.29) is 41.2 Å². The number of nitrogens with zero attached hydrogens (tertiary/aromatic N) is 1. The number of hydrogen-bond donors (Lipinski definition) is 0. The molecule has 2 unspecified atom stereocenters. The molecule has 4 nitrogen and oxygen atoms in total. The van der Waals surface area contributed by atoms with E-state index in [2.05, 4.69) is 0 Å². The highest BCUT2D eigenvalue weighted by Gasteiger charge is 2.60. The lowest BCUT2D eigenvalue weighted by atomic mass is 9.59. The van der Waals surface area contributed by atoms with Gasteiger partial charge in [0.15, 0.2) is 0 Å². The summed E-state index contributed by atoms with van der Waals surface area (Å²) in [6.07, 6.45) is 1.97. The normalized spacial score (nSPS) is 33.5. The lowest BCUT2D eigenvalue weighted by Crippen LogP contribution is -2.46. The number of fused-ring (bicyclic) bond motifs is 2. The summed E-state index contributed by atoms with van der Waals surface area (Å²) in [6.45, 7) is 1.60. The van der Waals surface area contributed by atoms with Crippen LogP contribution in [-0.2, 0) is 14.4 Å². The Morgan fingerprint density at radius 3 is 2.50 bits per heavy atom. The molecule has 2 amide bonds. The molecule has 1 aromatic rings. The minimum Gasteiger partial charge on any atom is -0.299 e. The van der Waals surface area contributed by atoms with Gasteiger partial charge in [-0.25, -0.2) is 4.39 Å². The Hall–Kier alpha value is -2.04. The molecule has 1 aliphatic heterocycles. The first-order valence-electron chi connectivity index (χ1n) is 7.65. The molecule has 3 saturated carbocycles. The molecule has 4 fully saturated rings. The van der Waals surface area contributed by atoms with Gasteiger partial charge in [0.25, 0.3) is 0 Å². The molecular formula is C17H16FNO3. The summed E-state index contributed by atoms with van der Waals surface area (Å²) < 4.78 is 13.4. The molecule has 0 spiro atoms. The number of carbonyl (C=O) groups excluding carboxylic acids is 3. The summed E-state index contributed by atoms with van der Waals surface area (Å²) in [7, 11) is 0. The fourth-order valence-corrected chi connectivity index (χ4v) is 4.41. The largest absolute Gasteiger partial charge is 0.299 e. The van der Waals surface area contributed by atoms with Crippen molar-refractivity contribution in [3.63, 3.8) is 0 Å². The van der Waals surface area contributed by atoms with E-state index < -0.39 is 5.92 Å². The minimum absolute atomic E-state index is 0.00880. The smallest absolute Gasteiger partial charge is 0.238 e. The van der Waals surface area contributed by atoms with Gasteiger partial charge in [0.1, 0.15) is 11.6 Å².